The van der Waals surface area contributed by atoms with Gasteiger partial charge in [0.25, 0.3) is 0 Å². The monoisotopic (exact) mass is 326 g/mol. The molecule has 0 aromatic rings. The van der Waals surface area contributed by atoms with Gasteiger partial charge in [0.05, 0.1) is 0 Å². The van der Waals surface area contributed by atoms with Crippen molar-refractivity contribution in [1.82, 2.24) is 0 Å². The number of hydrogen-bond acceptors (Lipinski definition) is 8. The molecule has 0 rings (SSSR count). The van der Waals surface area contributed by atoms with Crippen molar-refractivity contribution in [2.24, 2.45) is 0 Å². The lowest BCUT2D eigenvalue weighted by Crippen LogP contribution is -2.11. The zero-order valence-electron chi connectivity index (χ0n) is 11.2. The van der Waals surface area contributed by atoms with Crippen LogP contribution in [0.1, 0.15) is 26.2 Å². The van der Waals surface area contributed by atoms with Gasteiger partial charge in [-0.15, -0.1) is 0 Å². The van der Waals surface area contributed by atoms with Crippen LogP contribution in [0, 0.1) is 0 Å². The third-order valence-electron chi connectivity index (χ3n) is 1.00. The predicted octanol–water partition coefficient (Wildman–Crippen LogP) is -2.08. The van der Waals surface area contributed by atoms with Crippen LogP contribution in [-0.2, 0) is 4.65 Å². The Hall–Kier alpha value is -0.340. The van der Waals surface area contributed by atoms with Crippen molar-refractivity contribution in [3.8, 4) is 0 Å². The fourth-order valence-corrected chi connectivity index (χ4v) is 0.533. The summed E-state index contributed by atoms with van der Waals surface area (Å²) in [4.78, 5) is 0. The highest BCUT2D eigenvalue weighted by molar-refractivity contribution is 6.33. The van der Waals surface area contributed by atoms with E-state index < -0.39 is 29.6 Å². The molecule has 0 aliphatic rings. The quantitative estimate of drug-likeness (QED) is 0.173. The van der Waals surface area contributed by atoms with Crippen LogP contribution < -0.4 is 0 Å². The second kappa shape index (κ2) is 24.7. The highest BCUT2D eigenvalue weighted by Gasteiger charge is 2.09. The van der Waals surface area contributed by atoms with Crippen LogP contribution in [-0.4, -0.2) is 71.4 Å². The lowest BCUT2D eigenvalue weighted by Gasteiger charge is -1.97. The minimum atomic E-state index is -2.67. The van der Waals surface area contributed by atoms with Gasteiger partial charge in [-0.1, -0.05) is 19.8 Å². The smallest absolute Gasteiger partial charge is 0.398 e. The largest absolute Gasteiger partial charge is 0.677 e. The van der Waals surface area contributed by atoms with Crippen LogP contribution in [0.25, 0.3) is 0 Å². The van der Waals surface area contributed by atoms with Crippen molar-refractivity contribution < 1.29 is 57.1 Å². The molecule has 0 bridgehead atoms. The number of unbranched alkanes of at least 4 members (excludes halogenated alkanes) is 2. The van der Waals surface area contributed by atoms with Gasteiger partial charge in [-0.3, -0.25) is 17.3 Å². The molecule has 0 spiro atoms. The Morgan fingerprint density at radius 2 is 1.00 bits per heavy atom. The summed E-state index contributed by atoms with van der Waals surface area (Å²) in [5.74, 6) is 0. The highest BCUT2D eigenvalue weighted by Crippen LogP contribution is 1.94. The standard InChI is InChI=1S/C5H12BFO2.3BFH2O2/c1-2-3-4-5-9-6(7)8;3*2-1(3)4/h8H,2-5H2,1H3;3*3-4H. The Morgan fingerprint density at radius 3 is 1.19 bits per heavy atom. The van der Waals surface area contributed by atoms with Gasteiger partial charge in [-0.05, 0) is 6.42 Å². The van der Waals surface area contributed by atoms with E-state index in [1.165, 1.54) is 0 Å². The van der Waals surface area contributed by atoms with E-state index in [1.807, 2.05) is 6.92 Å². The minimum Gasteiger partial charge on any atom is -0.398 e. The molecule has 16 heteroatoms. The maximum Gasteiger partial charge on any atom is 0.677 e. The lowest BCUT2D eigenvalue weighted by atomic mass is 10.2. The summed E-state index contributed by atoms with van der Waals surface area (Å²) in [6.45, 7) is 2.36. The van der Waals surface area contributed by atoms with E-state index in [2.05, 4.69) is 4.65 Å². The lowest BCUT2D eigenvalue weighted by molar-refractivity contribution is 0.215. The van der Waals surface area contributed by atoms with Crippen LogP contribution in [0.2, 0.25) is 0 Å². The van der Waals surface area contributed by atoms with Gasteiger partial charge in [0.2, 0.25) is 0 Å². The third-order valence-corrected chi connectivity index (χ3v) is 1.00. The van der Waals surface area contributed by atoms with Gasteiger partial charge in [-0.2, -0.15) is 0 Å². The van der Waals surface area contributed by atoms with E-state index in [4.69, 9.17) is 35.2 Å². The first-order valence-corrected chi connectivity index (χ1v) is 5.41. The fourth-order valence-electron chi connectivity index (χ4n) is 0.533. The second-order valence-electron chi connectivity index (χ2n) is 2.80. The molecule has 8 nitrogen and oxygen atoms in total. The molecule has 0 radical (unpaired) electrons. The summed E-state index contributed by atoms with van der Waals surface area (Å²) in [6.07, 6.45) is 2.91. The van der Waals surface area contributed by atoms with Gasteiger partial charge in [0, 0.05) is 6.61 Å². The average Bonchev–Trinajstić information content (AvgIpc) is 2.21. The minimum absolute atomic E-state index is 0.311. The molecule has 0 heterocycles. The SMILES string of the molecule is CCCCCOB(O)F.OB(O)F.OB(O)F.OB(O)F. The van der Waals surface area contributed by atoms with Crippen molar-refractivity contribution in [3.63, 3.8) is 0 Å². The first kappa shape index (κ1) is 28.8. The molecule has 126 valence electrons. The molecule has 21 heavy (non-hydrogen) atoms. The van der Waals surface area contributed by atoms with Gasteiger partial charge >= 0.3 is 29.6 Å². The summed E-state index contributed by atoms with van der Waals surface area (Å²) < 4.78 is 46.0. The van der Waals surface area contributed by atoms with Crippen molar-refractivity contribution in [1.29, 1.82) is 0 Å². The third kappa shape index (κ3) is 191. The Morgan fingerprint density at radius 1 is 0.714 bits per heavy atom. The van der Waals surface area contributed by atoms with Crippen molar-refractivity contribution in [3.05, 3.63) is 0 Å². The molecule has 0 unspecified atom stereocenters. The van der Waals surface area contributed by atoms with E-state index in [1.54, 1.807) is 0 Å². The second-order valence-corrected chi connectivity index (χ2v) is 2.80. The zero-order chi connectivity index (χ0) is 17.8. The van der Waals surface area contributed by atoms with Crippen LogP contribution in [0.15, 0.2) is 0 Å². The van der Waals surface area contributed by atoms with E-state index >= 15 is 0 Å². The molecule has 0 fully saturated rings. The van der Waals surface area contributed by atoms with Gasteiger partial charge in [-0.25, -0.2) is 0 Å². The van der Waals surface area contributed by atoms with Gasteiger partial charge < -0.3 is 39.8 Å². The van der Waals surface area contributed by atoms with Crippen LogP contribution in [0.4, 0.5) is 17.3 Å². The maximum atomic E-state index is 11.5. The van der Waals surface area contributed by atoms with Crippen LogP contribution >= 0.6 is 0 Å². The van der Waals surface area contributed by atoms with E-state index in [0.29, 0.717) is 6.61 Å². The molecule has 0 amide bonds. The molecule has 7 N–H and O–H groups in total. The van der Waals surface area contributed by atoms with E-state index in [9.17, 15) is 17.3 Å². The summed E-state index contributed by atoms with van der Waals surface area (Å²) in [5.41, 5.74) is 0. The first-order chi connectivity index (χ1) is 9.47. The van der Waals surface area contributed by atoms with Gasteiger partial charge in [0.15, 0.2) is 0 Å². The predicted molar refractivity (Wildman–Crippen MR) is 68.5 cm³/mol. The Labute approximate surface area is 120 Å². The molecule has 0 saturated heterocycles. The van der Waals surface area contributed by atoms with Crippen LogP contribution in [0.5, 0.6) is 0 Å². The summed E-state index contributed by atoms with van der Waals surface area (Å²) in [5, 5.41) is 49.6. The Balaban J connectivity index is -0.000000102. The molecular formula is C5H18B4F4O8. The van der Waals surface area contributed by atoms with Gasteiger partial charge in [0.1, 0.15) is 0 Å². The number of hydrogen-bond donors (Lipinski definition) is 7. The summed E-state index contributed by atoms with van der Waals surface area (Å²) in [6, 6.07) is 0. The zero-order valence-corrected chi connectivity index (χ0v) is 11.2. The molecule has 0 aliphatic heterocycles. The van der Waals surface area contributed by atoms with E-state index in [0.717, 1.165) is 19.3 Å². The molecule has 0 saturated carbocycles. The average molecular weight is 325 g/mol. The molecule has 0 aliphatic carbocycles. The molecular weight excluding hydrogens is 307 g/mol. The topological polar surface area (TPSA) is 151 Å². The summed E-state index contributed by atoms with van der Waals surface area (Å²) in [7, 11) is -10.1. The molecule has 0 aromatic carbocycles. The van der Waals surface area contributed by atoms with Crippen molar-refractivity contribution in [2.45, 2.75) is 26.2 Å². The first-order valence-electron chi connectivity index (χ1n) is 5.41. The summed E-state index contributed by atoms with van der Waals surface area (Å²) >= 11 is 0. The van der Waals surface area contributed by atoms with Crippen molar-refractivity contribution in [2.75, 3.05) is 6.61 Å². The maximum absolute atomic E-state index is 11.5. The fraction of sp³-hybridized carbons (Fsp3) is 1.00. The van der Waals surface area contributed by atoms with Crippen molar-refractivity contribution >= 4 is 29.6 Å². The number of rotatable bonds is 5. The Kier molecular flexibility index (Phi) is 33.8. The molecule has 0 atom stereocenters. The number of halogens is 4. The van der Waals surface area contributed by atoms with E-state index in [-0.39, 0.29) is 0 Å². The normalized spacial score (nSPS) is 8.00. The van der Waals surface area contributed by atoms with Crippen LogP contribution in [0.3, 0.4) is 0 Å². The Bertz CT molecular complexity index is 149. The molecule has 0 aromatic heterocycles. The highest BCUT2D eigenvalue weighted by atomic mass is 19.1.